The van der Waals surface area contributed by atoms with Gasteiger partial charge in [0, 0.05) is 31.6 Å². The Bertz CT molecular complexity index is 746. The number of fused-ring (bicyclic) bond motifs is 5. The number of hydrogen-bond donors (Lipinski definition) is 0. The Morgan fingerprint density at radius 1 is 1.00 bits per heavy atom. The number of unbranched alkanes of at least 4 members (excludes halogenated alkanes) is 2. The third-order valence-electron chi connectivity index (χ3n) is 5.18. The summed E-state index contributed by atoms with van der Waals surface area (Å²) >= 11 is 0. The minimum Gasteiger partial charge on any atom is -0.455 e. The average Bonchev–Trinajstić information content (AvgIpc) is 2.79. The SMILES string of the molecule is O=CCCCCN1CCN2c3ccccc3Oc3ccccc3C2C1. The maximum Gasteiger partial charge on any atom is 0.150 e. The van der Waals surface area contributed by atoms with Crippen LogP contribution in [0.5, 0.6) is 11.5 Å². The van der Waals surface area contributed by atoms with Crippen LogP contribution in [0.3, 0.4) is 0 Å². The van der Waals surface area contributed by atoms with Gasteiger partial charge in [-0.2, -0.15) is 0 Å². The lowest BCUT2D eigenvalue weighted by Crippen LogP contribution is -2.48. The highest BCUT2D eigenvalue weighted by molar-refractivity contribution is 5.64. The second-order valence-electron chi connectivity index (χ2n) is 6.78. The molecule has 4 nitrogen and oxygen atoms in total. The minimum absolute atomic E-state index is 0.305. The highest BCUT2D eigenvalue weighted by Gasteiger charge is 2.33. The second kappa shape index (κ2) is 7.28. The van der Waals surface area contributed by atoms with E-state index in [1.165, 1.54) is 11.3 Å². The molecular formula is C21H24N2O2. The first-order valence-corrected chi connectivity index (χ1v) is 9.15. The molecule has 1 atom stereocenters. The van der Waals surface area contributed by atoms with E-state index in [2.05, 4.69) is 46.2 Å². The molecule has 25 heavy (non-hydrogen) atoms. The van der Waals surface area contributed by atoms with Crippen LogP contribution >= 0.6 is 0 Å². The Morgan fingerprint density at radius 2 is 1.80 bits per heavy atom. The maximum absolute atomic E-state index is 10.5. The van der Waals surface area contributed by atoms with E-state index < -0.39 is 0 Å². The van der Waals surface area contributed by atoms with Crippen LogP contribution in [0.15, 0.2) is 48.5 Å². The first-order valence-electron chi connectivity index (χ1n) is 9.15. The van der Waals surface area contributed by atoms with Crippen molar-refractivity contribution in [2.75, 3.05) is 31.1 Å². The van der Waals surface area contributed by atoms with E-state index in [0.29, 0.717) is 12.5 Å². The molecule has 1 saturated heterocycles. The summed E-state index contributed by atoms with van der Waals surface area (Å²) in [5.74, 6) is 1.90. The topological polar surface area (TPSA) is 32.8 Å². The quantitative estimate of drug-likeness (QED) is 0.610. The second-order valence-corrected chi connectivity index (χ2v) is 6.78. The number of aldehydes is 1. The first-order chi connectivity index (χ1) is 12.4. The predicted octanol–water partition coefficient (Wildman–Crippen LogP) is 4.02. The van der Waals surface area contributed by atoms with Gasteiger partial charge in [-0.15, -0.1) is 0 Å². The fourth-order valence-electron chi connectivity index (χ4n) is 3.91. The third-order valence-corrected chi connectivity index (χ3v) is 5.18. The lowest BCUT2D eigenvalue weighted by Gasteiger charge is -2.42. The lowest BCUT2D eigenvalue weighted by atomic mass is 10.0. The van der Waals surface area contributed by atoms with Crippen molar-refractivity contribution in [3.05, 3.63) is 54.1 Å². The van der Waals surface area contributed by atoms with E-state index >= 15 is 0 Å². The van der Waals surface area contributed by atoms with Gasteiger partial charge in [-0.3, -0.25) is 4.90 Å². The molecule has 0 aromatic heterocycles. The van der Waals surface area contributed by atoms with E-state index in [9.17, 15) is 4.79 Å². The molecule has 0 saturated carbocycles. The summed E-state index contributed by atoms with van der Waals surface area (Å²) in [5, 5.41) is 0. The number of carbonyl (C=O) groups is 1. The van der Waals surface area contributed by atoms with Gasteiger partial charge in [0.25, 0.3) is 0 Å². The van der Waals surface area contributed by atoms with E-state index in [0.717, 1.165) is 56.8 Å². The van der Waals surface area contributed by atoms with E-state index in [4.69, 9.17) is 4.74 Å². The number of anilines is 1. The number of rotatable bonds is 5. The molecule has 0 aliphatic carbocycles. The molecule has 2 aliphatic rings. The predicted molar refractivity (Wildman–Crippen MR) is 99.4 cm³/mol. The Kier molecular flexibility index (Phi) is 4.70. The smallest absolute Gasteiger partial charge is 0.150 e. The standard InChI is InChI=1S/C21H24N2O2/c24-15-7-1-6-12-22-13-14-23-18-9-3-5-11-21(18)25-20-10-4-2-8-17(20)19(23)16-22/h2-5,8-11,15,19H,1,6-7,12-14,16H2. The van der Waals surface area contributed by atoms with Gasteiger partial charge in [0.2, 0.25) is 0 Å². The molecule has 1 fully saturated rings. The molecule has 1 unspecified atom stereocenters. The fourth-order valence-corrected chi connectivity index (χ4v) is 3.91. The molecule has 2 aliphatic heterocycles. The van der Waals surface area contributed by atoms with Crippen molar-refractivity contribution < 1.29 is 9.53 Å². The van der Waals surface area contributed by atoms with Crippen LogP contribution in [0.2, 0.25) is 0 Å². The van der Waals surface area contributed by atoms with Crippen molar-refractivity contribution in [3.8, 4) is 11.5 Å². The van der Waals surface area contributed by atoms with Gasteiger partial charge in [-0.05, 0) is 37.6 Å². The monoisotopic (exact) mass is 336 g/mol. The molecule has 4 heteroatoms. The van der Waals surface area contributed by atoms with E-state index in [1.54, 1.807) is 0 Å². The van der Waals surface area contributed by atoms with Gasteiger partial charge in [-0.1, -0.05) is 30.3 Å². The van der Waals surface area contributed by atoms with E-state index in [-0.39, 0.29) is 0 Å². The largest absolute Gasteiger partial charge is 0.455 e. The van der Waals surface area contributed by atoms with Crippen LogP contribution in [-0.2, 0) is 4.79 Å². The Hall–Kier alpha value is -2.33. The number of piperazine rings is 1. The number of carbonyl (C=O) groups excluding carboxylic acids is 1. The van der Waals surface area contributed by atoms with Gasteiger partial charge in [-0.25, -0.2) is 0 Å². The number of para-hydroxylation sites is 3. The summed E-state index contributed by atoms with van der Waals surface area (Å²) < 4.78 is 6.24. The van der Waals surface area contributed by atoms with Crippen LogP contribution in [0, 0.1) is 0 Å². The molecule has 0 amide bonds. The molecule has 2 heterocycles. The normalized spacial score (nSPS) is 19.2. The summed E-state index contributed by atoms with van der Waals surface area (Å²) in [6, 6.07) is 17.0. The van der Waals surface area contributed by atoms with Gasteiger partial charge in [0.05, 0.1) is 11.7 Å². The number of ether oxygens (including phenoxy) is 1. The molecule has 0 N–H and O–H groups in total. The van der Waals surface area contributed by atoms with Gasteiger partial charge in [0.1, 0.15) is 12.0 Å². The lowest BCUT2D eigenvalue weighted by molar-refractivity contribution is -0.107. The Morgan fingerprint density at radius 3 is 2.68 bits per heavy atom. The van der Waals surface area contributed by atoms with Crippen LogP contribution in [0.4, 0.5) is 5.69 Å². The van der Waals surface area contributed by atoms with Crippen molar-refractivity contribution in [2.24, 2.45) is 0 Å². The zero-order valence-electron chi connectivity index (χ0n) is 14.4. The minimum atomic E-state index is 0.305. The molecule has 0 radical (unpaired) electrons. The molecule has 0 bridgehead atoms. The number of benzene rings is 2. The molecule has 130 valence electrons. The van der Waals surface area contributed by atoms with Crippen molar-refractivity contribution >= 4 is 12.0 Å². The molecule has 0 spiro atoms. The molecular weight excluding hydrogens is 312 g/mol. The summed E-state index contributed by atoms with van der Waals surface area (Å²) in [7, 11) is 0. The summed E-state index contributed by atoms with van der Waals surface area (Å²) in [5.41, 5.74) is 2.44. The number of nitrogens with zero attached hydrogens (tertiary/aromatic N) is 2. The summed E-state index contributed by atoms with van der Waals surface area (Å²) in [6.07, 6.45) is 3.76. The third kappa shape index (κ3) is 3.27. The van der Waals surface area contributed by atoms with Gasteiger partial charge in [0.15, 0.2) is 5.75 Å². The summed E-state index contributed by atoms with van der Waals surface area (Å²) in [6.45, 7) is 4.10. The molecule has 2 aromatic carbocycles. The highest BCUT2D eigenvalue weighted by atomic mass is 16.5. The van der Waals surface area contributed by atoms with E-state index in [1.807, 2.05) is 12.1 Å². The number of hydrogen-bond acceptors (Lipinski definition) is 4. The molecule has 2 aromatic rings. The van der Waals surface area contributed by atoms with Gasteiger partial charge >= 0.3 is 0 Å². The van der Waals surface area contributed by atoms with Gasteiger partial charge < -0.3 is 14.4 Å². The van der Waals surface area contributed by atoms with Crippen LogP contribution < -0.4 is 9.64 Å². The fraction of sp³-hybridized carbons (Fsp3) is 0.381. The van der Waals surface area contributed by atoms with Crippen molar-refractivity contribution in [1.29, 1.82) is 0 Å². The Balaban J connectivity index is 1.60. The first kappa shape index (κ1) is 16.2. The van der Waals surface area contributed by atoms with Crippen molar-refractivity contribution in [2.45, 2.75) is 25.3 Å². The maximum atomic E-state index is 10.5. The van der Waals surface area contributed by atoms with Crippen LogP contribution in [0.25, 0.3) is 0 Å². The molecule has 4 rings (SSSR count). The van der Waals surface area contributed by atoms with Crippen molar-refractivity contribution in [3.63, 3.8) is 0 Å². The summed E-state index contributed by atoms with van der Waals surface area (Å²) in [4.78, 5) is 15.5. The Labute approximate surface area is 149 Å². The van der Waals surface area contributed by atoms with Crippen molar-refractivity contribution in [1.82, 2.24) is 4.90 Å². The zero-order chi connectivity index (χ0) is 17.1. The van der Waals surface area contributed by atoms with Crippen LogP contribution in [-0.4, -0.2) is 37.4 Å². The highest BCUT2D eigenvalue weighted by Crippen LogP contribution is 2.45. The van der Waals surface area contributed by atoms with Crippen LogP contribution in [0.1, 0.15) is 30.9 Å². The zero-order valence-corrected chi connectivity index (χ0v) is 14.4. The average molecular weight is 336 g/mol.